The summed E-state index contributed by atoms with van der Waals surface area (Å²) in [5, 5.41) is 0.752. The molecule has 0 amide bonds. The zero-order valence-electron chi connectivity index (χ0n) is 11.9. The minimum absolute atomic E-state index is 0.359. The first kappa shape index (κ1) is 13.8. The second kappa shape index (κ2) is 4.70. The van der Waals surface area contributed by atoms with E-state index in [1.165, 1.54) is 11.3 Å². The molecule has 1 atom stereocenters. The predicted octanol–water partition coefficient (Wildman–Crippen LogP) is 2.95. The molecule has 0 spiro atoms. The van der Waals surface area contributed by atoms with Crippen LogP contribution in [0.15, 0.2) is 18.2 Å². The number of aryl methyl sites for hydroxylation is 3. The molecule has 21 heavy (non-hydrogen) atoms. The van der Waals surface area contributed by atoms with Gasteiger partial charge in [0.05, 0.1) is 15.6 Å². The molecule has 1 aromatic heterocycles. The molecule has 1 aliphatic carbocycles. The molecule has 0 bridgehead atoms. The van der Waals surface area contributed by atoms with Gasteiger partial charge in [0.25, 0.3) is 0 Å². The lowest BCUT2D eigenvalue weighted by molar-refractivity contribution is 0.0758. The van der Waals surface area contributed by atoms with Gasteiger partial charge in [-0.15, -0.1) is 11.3 Å². The Morgan fingerprint density at radius 2 is 1.86 bits per heavy atom. The van der Waals surface area contributed by atoms with Crippen LogP contribution >= 0.6 is 11.3 Å². The van der Waals surface area contributed by atoms with Crippen LogP contribution < -0.4 is 0 Å². The Morgan fingerprint density at radius 3 is 2.43 bits per heavy atom. The van der Waals surface area contributed by atoms with Crippen LogP contribution in [-0.4, -0.2) is 22.3 Å². The highest BCUT2D eigenvalue weighted by Crippen LogP contribution is 2.33. The fourth-order valence-corrected chi connectivity index (χ4v) is 3.64. The van der Waals surface area contributed by atoms with E-state index in [4.69, 9.17) is 0 Å². The van der Waals surface area contributed by atoms with Gasteiger partial charge in [-0.2, -0.15) is 0 Å². The van der Waals surface area contributed by atoms with Crippen LogP contribution in [0.4, 0.5) is 0 Å². The molecule has 4 nitrogen and oxygen atoms in total. The van der Waals surface area contributed by atoms with E-state index < -0.39 is 17.5 Å². The molecule has 3 rings (SSSR count). The molecule has 0 radical (unpaired) electrons. The summed E-state index contributed by atoms with van der Waals surface area (Å²) in [6.45, 7) is 5.30. The van der Waals surface area contributed by atoms with Gasteiger partial charge in [0.2, 0.25) is 0 Å². The van der Waals surface area contributed by atoms with Gasteiger partial charge >= 0.3 is 0 Å². The van der Waals surface area contributed by atoms with E-state index >= 15 is 0 Å². The number of hydrogen-bond acceptors (Lipinski definition) is 5. The fraction of sp³-hybridized carbons (Fsp3) is 0.250. The third-order valence-corrected chi connectivity index (χ3v) is 4.79. The molecule has 0 saturated carbocycles. The summed E-state index contributed by atoms with van der Waals surface area (Å²) in [6.07, 6.45) is 0. The molecule has 5 heteroatoms. The molecule has 2 aromatic rings. The first-order valence-electron chi connectivity index (χ1n) is 6.58. The van der Waals surface area contributed by atoms with E-state index in [9.17, 15) is 14.4 Å². The molecule has 1 heterocycles. The SMILES string of the molecule is Cc1nc(C)c(C(=O)C2C(=O)c3cccc(C)c3C2=O)s1. The topological polar surface area (TPSA) is 64.1 Å². The maximum atomic E-state index is 12.6. The number of Topliss-reactive ketones (excluding diaryl/α,β-unsaturated/α-hetero) is 3. The van der Waals surface area contributed by atoms with Crippen molar-refractivity contribution >= 4 is 28.7 Å². The van der Waals surface area contributed by atoms with E-state index in [0.717, 1.165) is 10.6 Å². The van der Waals surface area contributed by atoms with Gasteiger partial charge in [-0.1, -0.05) is 18.2 Å². The summed E-state index contributed by atoms with van der Waals surface area (Å²) in [7, 11) is 0. The van der Waals surface area contributed by atoms with Crippen LogP contribution in [0.2, 0.25) is 0 Å². The molecular formula is C16H13NO3S. The van der Waals surface area contributed by atoms with Crippen molar-refractivity contribution < 1.29 is 14.4 Å². The molecule has 1 aromatic carbocycles. The fourth-order valence-electron chi connectivity index (χ4n) is 2.75. The molecule has 106 valence electrons. The minimum atomic E-state index is -1.24. The average Bonchev–Trinajstić information content (AvgIpc) is 2.88. The monoisotopic (exact) mass is 299 g/mol. The van der Waals surface area contributed by atoms with Crippen molar-refractivity contribution in [1.82, 2.24) is 4.98 Å². The van der Waals surface area contributed by atoms with Crippen LogP contribution in [0.25, 0.3) is 0 Å². The summed E-state index contributed by atoms with van der Waals surface area (Å²) in [6, 6.07) is 5.12. The van der Waals surface area contributed by atoms with Crippen LogP contribution in [-0.2, 0) is 0 Å². The summed E-state index contributed by atoms with van der Waals surface area (Å²) in [5.74, 6) is -2.44. The highest BCUT2D eigenvalue weighted by atomic mass is 32.1. The van der Waals surface area contributed by atoms with Gasteiger partial charge in [-0.3, -0.25) is 14.4 Å². The third kappa shape index (κ3) is 1.96. The Labute approximate surface area is 125 Å². The number of ketones is 3. The lowest BCUT2D eigenvalue weighted by Crippen LogP contribution is -2.25. The zero-order chi connectivity index (χ0) is 15.3. The van der Waals surface area contributed by atoms with Crippen molar-refractivity contribution in [2.24, 2.45) is 5.92 Å². The highest BCUT2D eigenvalue weighted by Gasteiger charge is 2.45. The second-order valence-electron chi connectivity index (χ2n) is 5.17. The first-order valence-corrected chi connectivity index (χ1v) is 7.39. The standard InChI is InChI=1S/C16H13NO3S/c1-7-5-4-6-10-11(7)14(19)12(13(10)18)15(20)16-8(2)17-9(3)21-16/h4-6,12H,1-3H3. The summed E-state index contributed by atoms with van der Waals surface area (Å²) in [5.41, 5.74) is 2.06. The Bertz CT molecular complexity index is 804. The average molecular weight is 299 g/mol. The summed E-state index contributed by atoms with van der Waals surface area (Å²) < 4.78 is 0. The first-order chi connectivity index (χ1) is 9.91. The van der Waals surface area contributed by atoms with Gasteiger partial charge in [-0.05, 0) is 26.3 Å². The predicted molar refractivity (Wildman–Crippen MR) is 79.2 cm³/mol. The molecule has 0 saturated heterocycles. The Balaban J connectivity index is 2.08. The Kier molecular flexibility index (Phi) is 3.10. The number of carbonyl (C=O) groups is 3. The number of fused-ring (bicyclic) bond motifs is 1. The van der Waals surface area contributed by atoms with Crippen molar-refractivity contribution in [2.75, 3.05) is 0 Å². The second-order valence-corrected chi connectivity index (χ2v) is 6.37. The number of nitrogens with zero attached hydrogens (tertiary/aromatic N) is 1. The summed E-state index contributed by atoms with van der Waals surface area (Å²) in [4.78, 5) is 42.2. The molecule has 0 fully saturated rings. The van der Waals surface area contributed by atoms with Crippen molar-refractivity contribution in [1.29, 1.82) is 0 Å². The van der Waals surface area contributed by atoms with Crippen molar-refractivity contribution in [2.45, 2.75) is 20.8 Å². The maximum Gasteiger partial charge on any atom is 0.193 e. The molecule has 0 N–H and O–H groups in total. The largest absolute Gasteiger partial charge is 0.293 e. The van der Waals surface area contributed by atoms with E-state index in [-0.39, 0.29) is 5.78 Å². The number of hydrogen-bond donors (Lipinski definition) is 0. The van der Waals surface area contributed by atoms with Crippen molar-refractivity contribution in [3.8, 4) is 0 Å². The van der Waals surface area contributed by atoms with Gasteiger partial charge in [-0.25, -0.2) is 4.98 Å². The molecule has 0 aliphatic heterocycles. The number of carbonyl (C=O) groups excluding carboxylic acids is 3. The van der Waals surface area contributed by atoms with E-state index in [1.54, 1.807) is 39.0 Å². The zero-order valence-corrected chi connectivity index (χ0v) is 12.7. The lowest BCUT2D eigenvalue weighted by atomic mass is 9.96. The van der Waals surface area contributed by atoms with Gasteiger partial charge in [0.1, 0.15) is 5.92 Å². The van der Waals surface area contributed by atoms with E-state index in [2.05, 4.69) is 4.98 Å². The number of aromatic nitrogens is 1. The number of benzene rings is 1. The smallest absolute Gasteiger partial charge is 0.193 e. The molecule has 1 unspecified atom stereocenters. The van der Waals surface area contributed by atoms with Crippen LogP contribution in [0, 0.1) is 26.7 Å². The highest BCUT2D eigenvalue weighted by molar-refractivity contribution is 7.13. The maximum absolute atomic E-state index is 12.6. The van der Waals surface area contributed by atoms with Crippen molar-refractivity contribution in [3.05, 3.63) is 50.5 Å². The van der Waals surface area contributed by atoms with E-state index in [1.807, 2.05) is 0 Å². The Hall–Kier alpha value is -2.14. The number of thiazole rings is 1. The van der Waals surface area contributed by atoms with Crippen LogP contribution in [0.1, 0.15) is 46.7 Å². The quantitative estimate of drug-likeness (QED) is 0.632. The summed E-state index contributed by atoms with van der Waals surface area (Å²) >= 11 is 1.23. The lowest BCUT2D eigenvalue weighted by Gasteiger charge is -2.04. The molecule has 1 aliphatic rings. The minimum Gasteiger partial charge on any atom is -0.293 e. The van der Waals surface area contributed by atoms with Gasteiger partial charge in [0, 0.05) is 11.1 Å². The van der Waals surface area contributed by atoms with Crippen LogP contribution in [0.3, 0.4) is 0 Å². The normalized spacial score (nSPS) is 17.2. The number of rotatable bonds is 2. The van der Waals surface area contributed by atoms with Gasteiger partial charge < -0.3 is 0 Å². The third-order valence-electron chi connectivity index (χ3n) is 3.70. The van der Waals surface area contributed by atoms with Crippen LogP contribution in [0.5, 0.6) is 0 Å². The Morgan fingerprint density at radius 1 is 1.14 bits per heavy atom. The van der Waals surface area contributed by atoms with E-state index in [0.29, 0.717) is 21.7 Å². The van der Waals surface area contributed by atoms with Crippen molar-refractivity contribution in [3.63, 3.8) is 0 Å². The van der Waals surface area contributed by atoms with Gasteiger partial charge in [0.15, 0.2) is 17.3 Å². The molecular weight excluding hydrogens is 286 g/mol.